The molecule has 2 aromatic rings. The quantitative estimate of drug-likeness (QED) is 0.865. The molecule has 2 aliphatic rings. The van der Waals surface area contributed by atoms with Crippen LogP contribution in [-0.4, -0.2) is 50.2 Å². The van der Waals surface area contributed by atoms with Crippen LogP contribution in [0.15, 0.2) is 15.6 Å². The van der Waals surface area contributed by atoms with Gasteiger partial charge in [0.2, 0.25) is 10.0 Å². The normalized spacial score (nSPS) is 23.5. The second kappa shape index (κ2) is 6.56. The summed E-state index contributed by atoms with van der Waals surface area (Å²) < 4.78 is 45.3. The van der Waals surface area contributed by atoms with E-state index < -0.39 is 10.0 Å². The molecule has 1 spiro atoms. The van der Waals surface area contributed by atoms with Gasteiger partial charge in [-0.25, -0.2) is 17.8 Å². The molecule has 3 heterocycles. The molecule has 9 heteroatoms. The number of aryl methyl sites for hydroxylation is 2. The van der Waals surface area contributed by atoms with Crippen molar-refractivity contribution in [2.24, 2.45) is 0 Å². The number of nitrogens with one attached hydrogen (secondary N) is 1. The van der Waals surface area contributed by atoms with Crippen LogP contribution < -0.4 is 4.72 Å². The maximum absolute atomic E-state index is 13.1. The third kappa shape index (κ3) is 3.13. The van der Waals surface area contributed by atoms with Crippen LogP contribution in [0.4, 0.5) is 0 Å². The van der Waals surface area contributed by atoms with Gasteiger partial charge in [0.1, 0.15) is 10.4 Å². The second-order valence-corrected chi connectivity index (χ2v) is 8.91. The molecule has 2 aliphatic heterocycles. The first kappa shape index (κ1) is 17.8. The highest BCUT2D eigenvalue weighted by atomic mass is 32.2. The van der Waals surface area contributed by atoms with E-state index >= 15 is 0 Å². The Morgan fingerprint density at radius 1 is 1.12 bits per heavy atom. The molecular formula is C17H23N3O5S. The minimum Gasteiger partial charge on any atom is -0.381 e. The molecule has 1 N–H and O–H groups in total. The molecule has 0 bridgehead atoms. The van der Waals surface area contributed by atoms with E-state index in [1.807, 2.05) is 6.92 Å². The number of nitrogens with zero attached hydrogens (tertiary/aromatic N) is 2. The zero-order valence-electron chi connectivity index (χ0n) is 14.9. The van der Waals surface area contributed by atoms with Gasteiger partial charge in [0.15, 0.2) is 5.52 Å². The third-order valence-electron chi connectivity index (χ3n) is 5.36. The second-order valence-electron chi connectivity index (χ2n) is 7.26. The summed E-state index contributed by atoms with van der Waals surface area (Å²) in [7, 11) is -3.76. The molecule has 0 amide bonds. The predicted octanol–water partition coefficient (Wildman–Crippen LogP) is 1.85. The van der Waals surface area contributed by atoms with Gasteiger partial charge in [0, 0.05) is 25.9 Å². The maximum Gasteiger partial charge on any atom is 0.243 e. The van der Waals surface area contributed by atoms with Crippen molar-refractivity contribution in [3.63, 3.8) is 0 Å². The van der Waals surface area contributed by atoms with Gasteiger partial charge in [-0.3, -0.25) is 0 Å². The molecule has 4 rings (SSSR count). The molecule has 26 heavy (non-hydrogen) atoms. The lowest BCUT2D eigenvalue weighted by Crippen LogP contribution is -2.51. The number of fused-ring (bicyclic) bond motifs is 1. The Bertz CT molecular complexity index is 912. The molecule has 2 saturated heterocycles. The van der Waals surface area contributed by atoms with Crippen molar-refractivity contribution in [2.45, 2.75) is 56.1 Å². The lowest BCUT2D eigenvalue weighted by Gasteiger charge is -2.43. The monoisotopic (exact) mass is 381 g/mol. The van der Waals surface area contributed by atoms with Gasteiger partial charge < -0.3 is 9.47 Å². The molecule has 2 fully saturated rings. The summed E-state index contributed by atoms with van der Waals surface area (Å²) in [5.74, 6) is 0. The Hall–Kier alpha value is -1.55. The Balaban J connectivity index is 1.63. The number of hydrogen-bond acceptors (Lipinski definition) is 7. The minimum atomic E-state index is -3.76. The molecule has 1 atom stereocenters. The molecule has 0 unspecified atom stereocenters. The van der Waals surface area contributed by atoms with E-state index in [2.05, 4.69) is 15.0 Å². The number of sulfonamides is 1. The zero-order chi connectivity index (χ0) is 18.4. The van der Waals surface area contributed by atoms with E-state index in [0.717, 1.165) is 18.4 Å². The van der Waals surface area contributed by atoms with E-state index in [9.17, 15) is 8.42 Å². The van der Waals surface area contributed by atoms with E-state index in [1.165, 1.54) is 0 Å². The van der Waals surface area contributed by atoms with Crippen molar-refractivity contribution in [3.8, 4) is 0 Å². The number of ether oxygens (including phenoxy) is 2. The van der Waals surface area contributed by atoms with Crippen LogP contribution in [0.2, 0.25) is 0 Å². The van der Waals surface area contributed by atoms with E-state index in [-0.39, 0.29) is 22.1 Å². The summed E-state index contributed by atoms with van der Waals surface area (Å²) in [6.07, 6.45) is 2.89. The third-order valence-corrected chi connectivity index (χ3v) is 7.05. The fraction of sp³-hybridized carbons (Fsp3) is 0.647. The Labute approximate surface area is 152 Å². The Morgan fingerprint density at radius 2 is 1.85 bits per heavy atom. The van der Waals surface area contributed by atoms with Gasteiger partial charge in [-0.05, 0) is 61.0 Å². The van der Waals surface area contributed by atoms with Crippen molar-refractivity contribution >= 4 is 21.1 Å². The standard InChI is InChI=1S/C17H23N3O5S/c1-11-9-12(2)16(15-14(11)18-25-19-15)26(21,22)20-13-3-6-24-17(10-13)4-7-23-8-5-17/h9,13,20H,3-8,10H2,1-2H3/t13-/m0/s1. The van der Waals surface area contributed by atoms with Gasteiger partial charge in [-0.15, -0.1) is 0 Å². The fourth-order valence-electron chi connectivity index (χ4n) is 4.08. The van der Waals surface area contributed by atoms with Crippen LogP contribution in [0.5, 0.6) is 0 Å². The molecule has 8 nitrogen and oxygen atoms in total. The van der Waals surface area contributed by atoms with Gasteiger partial charge in [-0.2, -0.15) is 0 Å². The van der Waals surface area contributed by atoms with Gasteiger partial charge in [-0.1, -0.05) is 6.07 Å². The molecule has 0 radical (unpaired) electrons. The largest absolute Gasteiger partial charge is 0.381 e. The Kier molecular flexibility index (Phi) is 4.50. The summed E-state index contributed by atoms with van der Waals surface area (Å²) in [5, 5.41) is 7.67. The summed E-state index contributed by atoms with van der Waals surface area (Å²) in [6, 6.07) is 1.62. The molecule has 142 valence electrons. The lowest BCUT2D eigenvalue weighted by molar-refractivity contribution is -0.138. The number of hydrogen-bond donors (Lipinski definition) is 1. The predicted molar refractivity (Wildman–Crippen MR) is 93.4 cm³/mol. The van der Waals surface area contributed by atoms with E-state index in [1.54, 1.807) is 13.0 Å². The summed E-state index contributed by atoms with van der Waals surface area (Å²) >= 11 is 0. The maximum atomic E-state index is 13.1. The van der Waals surface area contributed by atoms with Crippen molar-refractivity contribution < 1.29 is 22.5 Å². The molecule has 1 aromatic carbocycles. The molecular weight excluding hydrogens is 358 g/mol. The molecule has 0 aliphatic carbocycles. The van der Waals surface area contributed by atoms with E-state index in [4.69, 9.17) is 14.1 Å². The number of benzene rings is 1. The van der Waals surface area contributed by atoms with Crippen molar-refractivity contribution in [1.82, 2.24) is 15.0 Å². The SMILES string of the molecule is Cc1cc(C)c2nonc2c1S(=O)(=O)N[C@H]1CCOC2(CCOCC2)C1. The van der Waals surface area contributed by atoms with Crippen LogP contribution in [0.1, 0.15) is 36.8 Å². The highest BCUT2D eigenvalue weighted by Crippen LogP contribution is 2.35. The van der Waals surface area contributed by atoms with Crippen LogP contribution >= 0.6 is 0 Å². The molecule has 1 aromatic heterocycles. The zero-order valence-corrected chi connectivity index (χ0v) is 15.8. The highest BCUT2D eigenvalue weighted by Gasteiger charge is 2.40. The first-order valence-corrected chi connectivity index (χ1v) is 10.4. The van der Waals surface area contributed by atoms with Gasteiger partial charge in [0.05, 0.1) is 5.60 Å². The van der Waals surface area contributed by atoms with Crippen LogP contribution in [0, 0.1) is 13.8 Å². The first-order chi connectivity index (χ1) is 12.4. The van der Waals surface area contributed by atoms with Gasteiger partial charge >= 0.3 is 0 Å². The number of aromatic nitrogens is 2. The smallest absolute Gasteiger partial charge is 0.243 e. The summed E-state index contributed by atoms with van der Waals surface area (Å²) in [5.41, 5.74) is 1.94. The van der Waals surface area contributed by atoms with Crippen LogP contribution in [0.25, 0.3) is 11.0 Å². The average molecular weight is 381 g/mol. The molecule has 0 saturated carbocycles. The lowest BCUT2D eigenvalue weighted by atomic mass is 9.84. The summed E-state index contributed by atoms with van der Waals surface area (Å²) in [6.45, 7) is 5.47. The average Bonchev–Trinajstić information content (AvgIpc) is 3.04. The Morgan fingerprint density at radius 3 is 2.62 bits per heavy atom. The number of rotatable bonds is 3. The van der Waals surface area contributed by atoms with Crippen molar-refractivity contribution in [3.05, 3.63) is 17.2 Å². The topological polar surface area (TPSA) is 104 Å². The summed E-state index contributed by atoms with van der Waals surface area (Å²) in [4.78, 5) is 0.145. The first-order valence-electron chi connectivity index (χ1n) is 8.87. The van der Waals surface area contributed by atoms with Crippen molar-refractivity contribution in [1.29, 1.82) is 0 Å². The minimum absolute atomic E-state index is 0.145. The van der Waals surface area contributed by atoms with E-state index in [0.29, 0.717) is 43.7 Å². The van der Waals surface area contributed by atoms with Crippen LogP contribution in [0.3, 0.4) is 0 Å². The van der Waals surface area contributed by atoms with Crippen LogP contribution in [-0.2, 0) is 19.5 Å². The fourth-order valence-corrected chi connectivity index (χ4v) is 5.71. The van der Waals surface area contributed by atoms with Crippen molar-refractivity contribution in [2.75, 3.05) is 19.8 Å². The highest BCUT2D eigenvalue weighted by molar-refractivity contribution is 7.89. The van der Waals surface area contributed by atoms with Gasteiger partial charge in [0.25, 0.3) is 0 Å².